The number of nitrogens with zero attached hydrogens (tertiary/aromatic N) is 5. The van der Waals surface area contributed by atoms with Gasteiger partial charge < -0.3 is 4.74 Å². The normalized spacial score (nSPS) is 11.5. The molecule has 0 aliphatic heterocycles. The van der Waals surface area contributed by atoms with Crippen molar-refractivity contribution >= 4 is 17.6 Å². The quantitative estimate of drug-likeness (QED) is 0.467. The number of rotatable bonds is 4. The lowest BCUT2D eigenvalue weighted by Gasteiger charge is -2.28. The van der Waals surface area contributed by atoms with Crippen LogP contribution in [0.5, 0.6) is 0 Å². The Bertz CT molecular complexity index is 1200. The molecule has 0 unspecified atom stereocenters. The predicted octanol–water partition coefficient (Wildman–Crippen LogP) is 5.04. The minimum Gasteiger partial charge on any atom is -0.443 e. The average Bonchev–Trinajstić information content (AvgIpc) is 3.12. The summed E-state index contributed by atoms with van der Waals surface area (Å²) in [5.41, 5.74) is 3.56. The van der Waals surface area contributed by atoms with E-state index in [0.29, 0.717) is 11.5 Å². The first-order valence-electron chi connectivity index (χ1n) is 10.1. The first-order chi connectivity index (χ1) is 14.8. The standard InChI is InChI=1S/C24H25N5O2/c1-17-14-26-29-21(13-20(27-22(17)29)19-10-6-5-7-11-19)28(23(30)31-24(2,3)4)16-18-9-8-12-25-15-18/h5-15H,16H2,1-4H3. The molecule has 31 heavy (non-hydrogen) atoms. The van der Waals surface area contributed by atoms with Crippen molar-refractivity contribution in [1.82, 2.24) is 19.6 Å². The Kier molecular flexibility index (Phi) is 5.42. The second-order valence-corrected chi connectivity index (χ2v) is 8.36. The maximum absolute atomic E-state index is 13.3. The van der Waals surface area contributed by atoms with E-state index in [9.17, 15) is 4.79 Å². The highest BCUT2D eigenvalue weighted by atomic mass is 16.6. The van der Waals surface area contributed by atoms with Gasteiger partial charge in [0, 0.05) is 29.6 Å². The van der Waals surface area contributed by atoms with Crippen LogP contribution in [0, 0.1) is 6.92 Å². The third kappa shape index (κ3) is 4.55. The number of amides is 1. The molecule has 1 amide bonds. The maximum atomic E-state index is 13.3. The van der Waals surface area contributed by atoms with E-state index in [0.717, 1.165) is 22.4 Å². The summed E-state index contributed by atoms with van der Waals surface area (Å²) in [6.07, 6.45) is 4.73. The number of ether oxygens (including phenoxy) is 1. The van der Waals surface area contributed by atoms with Crippen molar-refractivity contribution in [2.45, 2.75) is 39.8 Å². The summed E-state index contributed by atoms with van der Waals surface area (Å²) in [6.45, 7) is 7.79. The Hall–Kier alpha value is -3.74. The molecular weight excluding hydrogens is 390 g/mol. The summed E-state index contributed by atoms with van der Waals surface area (Å²) in [5, 5.41) is 4.48. The first-order valence-corrected chi connectivity index (χ1v) is 10.1. The van der Waals surface area contributed by atoms with Gasteiger partial charge in [-0.3, -0.25) is 9.88 Å². The van der Waals surface area contributed by atoms with Crippen LogP contribution in [-0.2, 0) is 11.3 Å². The molecule has 0 atom stereocenters. The SMILES string of the molecule is Cc1cnn2c(N(Cc3cccnc3)C(=O)OC(C)(C)C)cc(-c3ccccc3)nc12. The molecule has 4 aromatic rings. The van der Waals surface area contributed by atoms with Crippen molar-refractivity contribution in [3.05, 3.63) is 78.2 Å². The van der Waals surface area contributed by atoms with Gasteiger partial charge in [-0.05, 0) is 39.3 Å². The van der Waals surface area contributed by atoms with E-state index in [2.05, 4.69) is 10.1 Å². The van der Waals surface area contributed by atoms with Crippen molar-refractivity contribution in [3.8, 4) is 11.3 Å². The molecule has 0 spiro atoms. The van der Waals surface area contributed by atoms with Crippen LogP contribution in [0.1, 0.15) is 31.9 Å². The number of anilines is 1. The second kappa shape index (κ2) is 8.18. The van der Waals surface area contributed by atoms with Crippen LogP contribution in [0.25, 0.3) is 16.9 Å². The fourth-order valence-corrected chi connectivity index (χ4v) is 3.24. The van der Waals surface area contributed by atoms with E-state index in [-0.39, 0.29) is 6.54 Å². The summed E-state index contributed by atoms with van der Waals surface area (Å²) in [7, 11) is 0. The Morgan fingerprint density at radius 3 is 2.55 bits per heavy atom. The highest BCUT2D eigenvalue weighted by Crippen LogP contribution is 2.28. The van der Waals surface area contributed by atoms with Gasteiger partial charge in [-0.2, -0.15) is 9.61 Å². The summed E-state index contributed by atoms with van der Waals surface area (Å²) in [4.78, 5) is 23.8. The first kappa shape index (κ1) is 20.5. The number of hydrogen-bond acceptors (Lipinski definition) is 5. The molecule has 3 aromatic heterocycles. The highest BCUT2D eigenvalue weighted by Gasteiger charge is 2.27. The van der Waals surface area contributed by atoms with Crippen molar-refractivity contribution in [1.29, 1.82) is 0 Å². The molecule has 0 N–H and O–H groups in total. The number of aromatic nitrogens is 4. The van der Waals surface area contributed by atoms with Gasteiger partial charge in [-0.1, -0.05) is 36.4 Å². The zero-order valence-electron chi connectivity index (χ0n) is 18.1. The molecule has 0 bridgehead atoms. The summed E-state index contributed by atoms with van der Waals surface area (Å²) >= 11 is 0. The van der Waals surface area contributed by atoms with Crippen molar-refractivity contribution in [2.75, 3.05) is 4.90 Å². The number of hydrogen-bond donors (Lipinski definition) is 0. The molecule has 0 aliphatic carbocycles. The fourth-order valence-electron chi connectivity index (χ4n) is 3.24. The largest absolute Gasteiger partial charge is 0.443 e. The molecule has 0 radical (unpaired) electrons. The molecule has 7 nitrogen and oxygen atoms in total. The van der Waals surface area contributed by atoms with Crippen LogP contribution < -0.4 is 4.90 Å². The summed E-state index contributed by atoms with van der Waals surface area (Å²) in [6, 6.07) is 15.5. The third-order valence-electron chi connectivity index (χ3n) is 4.65. The lowest BCUT2D eigenvalue weighted by molar-refractivity contribution is 0.0575. The van der Waals surface area contributed by atoms with Gasteiger partial charge in [0.05, 0.1) is 18.4 Å². The minimum atomic E-state index is -0.640. The third-order valence-corrected chi connectivity index (χ3v) is 4.65. The number of aryl methyl sites for hydroxylation is 1. The van der Waals surface area contributed by atoms with Crippen LogP contribution >= 0.6 is 0 Å². The number of carbonyl (C=O) groups is 1. The molecular formula is C24H25N5O2. The Labute approximate surface area is 181 Å². The summed E-state index contributed by atoms with van der Waals surface area (Å²) < 4.78 is 7.42. The monoisotopic (exact) mass is 415 g/mol. The van der Waals surface area contributed by atoms with E-state index in [1.54, 1.807) is 28.0 Å². The van der Waals surface area contributed by atoms with E-state index < -0.39 is 11.7 Å². The fraction of sp³-hybridized carbons (Fsp3) is 0.250. The molecule has 4 rings (SSSR count). The molecule has 0 saturated heterocycles. The van der Waals surface area contributed by atoms with Crippen molar-refractivity contribution < 1.29 is 9.53 Å². The molecule has 158 valence electrons. The van der Waals surface area contributed by atoms with E-state index >= 15 is 0 Å². The van der Waals surface area contributed by atoms with E-state index in [1.165, 1.54) is 0 Å². The Morgan fingerprint density at radius 2 is 1.87 bits per heavy atom. The molecule has 0 aliphatic rings. The van der Waals surface area contributed by atoms with Crippen molar-refractivity contribution in [3.63, 3.8) is 0 Å². The van der Waals surface area contributed by atoms with Crippen LogP contribution in [0.15, 0.2) is 67.1 Å². The number of carbonyl (C=O) groups excluding carboxylic acids is 1. The smallest absolute Gasteiger partial charge is 0.416 e. The van der Waals surface area contributed by atoms with Crippen LogP contribution in [-0.4, -0.2) is 31.3 Å². The molecule has 7 heteroatoms. The number of benzene rings is 1. The van der Waals surface area contributed by atoms with Gasteiger partial charge in [-0.15, -0.1) is 0 Å². The van der Waals surface area contributed by atoms with Crippen molar-refractivity contribution in [2.24, 2.45) is 0 Å². The van der Waals surface area contributed by atoms with Gasteiger partial charge in [0.1, 0.15) is 11.4 Å². The zero-order valence-corrected chi connectivity index (χ0v) is 18.1. The lowest BCUT2D eigenvalue weighted by atomic mass is 10.1. The predicted molar refractivity (Wildman–Crippen MR) is 120 cm³/mol. The van der Waals surface area contributed by atoms with Crippen LogP contribution in [0.2, 0.25) is 0 Å². The molecule has 0 saturated carbocycles. The topological polar surface area (TPSA) is 72.6 Å². The lowest BCUT2D eigenvalue weighted by Crippen LogP contribution is -2.37. The van der Waals surface area contributed by atoms with E-state index in [4.69, 9.17) is 9.72 Å². The van der Waals surface area contributed by atoms with E-state index in [1.807, 2.05) is 76.2 Å². The van der Waals surface area contributed by atoms with Gasteiger partial charge >= 0.3 is 6.09 Å². The van der Waals surface area contributed by atoms with Gasteiger partial charge in [0.2, 0.25) is 0 Å². The minimum absolute atomic E-state index is 0.287. The second-order valence-electron chi connectivity index (χ2n) is 8.36. The Morgan fingerprint density at radius 1 is 1.10 bits per heavy atom. The van der Waals surface area contributed by atoms with Crippen LogP contribution in [0.4, 0.5) is 10.6 Å². The molecule has 0 fully saturated rings. The van der Waals surface area contributed by atoms with Crippen LogP contribution in [0.3, 0.4) is 0 Å². The highest BCUT2D eigenvalue weighted by molar-refractivity contribution is 5.88. The number of pyridine rings is 1. The number of fused-ring (bicyclic) bond motifs is 1. The van der Waals surface area contributed by atoms with Gasteiger partial charge in [0.25, 0.3) is 0 Å². The Balaban J connectivity index is 1.88. The van der Waals surface area contributed by atoms with Gasteiger partial charge in [-0.25, -0.2) is 9.78 Å². The molecule has 1 aromatic carbocycles. The maximum Gasteiger partial charge on any atom is 0.416 e. The van der Waals surface area contributed by atoms with Gasteiger partial charge in [0.15, 0.2) is 5.65 Å². The summed E-state index contributed by atoms with van der Waals surface area (Å²) in [5.74, 6) is 0.579. The molecule has 3 heterocycles. The zero-order chi connectivity index (χ0) is 22.0. The average molecular weight is 415 g/mol.